The van der Waals surface area contributed by atoms with Crippen LogP contribution in [0.5, 0.6) is 0 Å². The van der Waals surface area contributed by atoms with E-state index in [9.17, 15) is 4.79 Å². The molecule has 5 nitrogen and oxygen atoms in total. The molecule has 21 heavy (non-hydrogen) atoms. The third kappa shape index (κ3) is 3.85. The molecule has 0 saturated heterocycles. The van der Waals surface area contributed by atoms with Crippen LogP contribution < -0.4 is 5.32 Å². The third-order valence-electron chi connectivity index (χ3n) is 2.76. The summed E-state index contributed by atoms with van der Waals surface area (Å²) in [6, 6.07) is 5.04. The molecule has 1 amide bonds. The van der Waals surface area contributed by atoms with Gasteiger partial charge < -0.3 is 10.4 Å². The number of amides is 1. The van der Waals surface area contributed by atoms with Gasteiger partial charge in [0.15, 0.2) is 0 Å². The highest BCUT2D eigenvalue weighted by molar-refractivity contribution is 6.30. The first-order valence-corrected chi connectivity index (χ1v) is 6.70. The van der Waals surface area contributed by atoms with Crippen LogP contribution in [0.2, 0.25) is 5.02 Å². The summed E-state index contributed by atoms with van der Waals surface area (Å²) >= 11 is 5.95. The lowest BCUT2D eigenvalue weighted by Gasteiger charge is -2.07. The van der Waals surface area contributed by atoms with Gasteiger partial charge in [-0.2, -0.15) is 5.10 Å². The molecule has 108 valence electrons. The number of rotatable bonds is 3. The average Bonchev–Trinajstić information content (AvgIpc) is 2.88. The number of hydrogen-bond donors (Lipinski definition) is 3. The van der Waals surface area contributed by atoms with Crippen molar-refractivity contribution in [1.82, 2.24) is 10.2 Å². The molecule has 0 atom stereocenters. The molecule has 2 rings (SSSR count). The third-order valence-corrected chi connectivity index (χ3v) is 3.00. The molecule has 0 aliphatic rings. The number of aryl methyl sites for hydroxylation is 1. The van der Waals surface area contributed by atoms with Gasteiger partial charge >= 0.3 is 0 Å². The first-order valence-electron chi connectivity index (χ1n) is 6.32. The van der Waals surface area contributed by atoms with E-state index in [0.29, 0.717) is 34.0 Å². The Morgan fingerprint density at radius 3 is 3.00 bits per heavy atom. The van der Waals surface area contributed by atoms with Crippen molar-refractivity contribution in [2.75, 3.05) is 11.9 Å². The Hall–Kier alpha value is -2.29. The number of nitrogens with zero attached hydrogens (tertiary/aromatic N) is 1. The Labute approximate surface area is 127 Å². The van der Waals surface area contributed by atoms with Crippen molar-refractivity contribution in [3.8, 4) is 11.8 Å². The fourth-order valence-corrected chi connectivity index (χ4v) is 1.88. The number of benzene rings is 1. The first-order chi connectivity index (χ1) is 10.1. The highest BCUT2D eigenvalue weighted by atomic mass is 35.5. The average molecular weight is 304 g/mol. The fraction of sp³-hybridized carbons (Fsp3) is 0.200. The van der Waals surface area contributed by atoms with Gasteiger partial charge in [0.1, 0.15) is 0 Å². The molecule has 6 heteroatoms. The molecule has 0 spiro atoms. The van der Waals surface area contributed by atoms with E-state index in [1.165, 1.54) is 6.20 Å². The molecule has 3 N–H and O–H groups in total. The summed E-state index contributed by atoms with van der Waals surface area (Å²) in [5, 5.41) is 18.6. The van der Waals surface area contributed by atoms with Gasteiger partial charge in [-0.15, -0.1) is 0 Å². The SMILES string of the molecule is Cc1[nH]ncc1C(=O)Nc1ccc(Cl)cc1C#CCCO. The van der Waals surface area contributed by atoms with Crippen molar-refractivity contribution >= 4 is 23.2 Å². The Bertz CT molecular complexity index is 713. The van der Waals surface area contributed by atoms with Crippen molar-refractivity contribution in [1.29, 1.82) is 0 Å². The molecular formula is C15H14ClN3O2. The van der Waals surface area contributed by atoms with E-state index in [1.54, 1.807) is 25.1 Å². The highest BCUT2D eigenvalue weighted by Crippen LogP contribution is 2.21. The standard InChI is InChI=1S/C15H14ClN3O2/c1-10-13(9-17-19-10)15(21)18-14-6-5-12(16)8-11(14)4-2-3-7-20/h5-6,8-9,20H,3,7H2,1H3,(H,17,19)(H,18,21). The van der Waals surface area contributed by atoms with Crippen LogP contribution in [0.1, 0.15) is 28.0 Å². The van der Waals surface area contributed by atoms with Crippen molar-refractivity contribution in [2.24, 2.45) is 0 Å². The molecule has 0 aliphatic carbocycles. The van der Waals surface area contributed by atoms with E-state index < -0.39 is 0 Å². The minimum absolute atomic E-state index is 0.0104. The van der Waals surface area contributed by atoms with Crippen LogP contribution in [0.3, 0.4) is 0 Å². The number of hydrogen-bond acceptors (Lipinski definition) is 3. The summed E-state index contributed by atoms with van der Waals surface area (Å²) in [4.78, 5) is 12.2. The van der Waals surface area contributed by atoms with Crippen molar-refractivity contribution in [3.63, 3.8) is 0 Å². The topological polar surface area (TPSA) is 78.0 Å². The zero-order valence-corrected chi connectivity index (χ0v) is 12.2. The minimum Gasteiger partial charge on any atom is -0.395 e. The Balaban J connectivity index is 2.26. The number of halogens is 1. The zero-order chi connectivity index (χ0) is 15.2. The van der Waals surface area contributed by atoms with Gasteiger partial charge in [0.2, 0.25) is 0 Å². The molecular weight excluding hydrogens is 290 g/mol. The maximum absolute atomic E-state index is 12.2. The number of nitrogens with one attached hydrogen (secondary N) is 2. The van der Waals surface area contributed by atoms with Crippen LogP contribution in [0.25, 0.3) is 0 Å². The van der Waals surface area contributed by atoms with Crippen molar-refractivity contribution in [2.45, 2.75) is 13.3 Å². The van der Waals surface area contributed by atoms with Gasteiger partial charge in [-0.1, -0.05) is 23.4 Å². The fourth-order valence-electron chi connectivity index (χ4n) is 1.71. The van der Waals surface area contributed by atoms with Gasteiger partial charge in [0, 0.05) is 22.7 Å². The van der Waals surface area contributed by atoms with Gasteiger partial charge in [-0.3, -0.25) is 9.89 Å². The normalized spacial score (nSPS) is 9.86. The number of anilines is 1. The van der Waals surface area contributed by atoms with Gasteiger partial charge in [0.05, 0.1) is 24.1 Å². The van der Waals surface area contributed by atoms with Crippen molar-refractivity contribution < 1.29 is 9.90 Å². The number of carbonyl (C=O) groups is 1. The van der Waals surface area contributed by atoms with E-state index in [0.717, 1.165) is 0 Å². The van der Waals surface area contributed by atoms with E-state index in [1.807, 2.05) is 0 Å². The lowest BCUT2D eigenvalue weighted by atomic mass is 10.1. The molecule has 0 radical (unpaired) electrons. The van der Waals surface area contributed by atoms with E-state index in [4.69, 9.17) is 16.7 Å². The van der Waals surface area contributed by atoms with Crippen LogP contribution in [0.15, 0.2) is 24.4 Å². The van der Waals surface area contributed by atoms with Crippen LogP contribution >= 0.6 is 11.6 Å². The summed E-state index contributed by atoms with van der Waals surface area (Å²) in [6.07, 6.45) is 1.83. The maximum Gasteiger partial charge on any atom is 0.259 e. The largest absolute Gasteiger partial charge is 0.395 e. The van der Waals surface area contributed by atoms with Gasteiger partial charge in [0.25, 0.3) is 5.91 Å². The Morgan fingerprint density at radius 1 is 1.52 bits per heavy atom. The molecule has 1 aromatic heterocycles. The second-order valence-electron chi connectivity index (χ2n) is 4.33. The Morgan fingerprint density at radius 2 is 2.33 bits per heavy atom. The molecule has 1 heterocycles. The molecule has 0 unspecified atom stereocenters. The molecule has 2 aromatic rings. The predicted molar refractivity (Wildman–Crippen MR) is 81.3 cm³/mol. The van der Waals surface area contributed by atoms with E-state index in [2.05, 4.69) is 27.4 Å². The second kappa shape index (κ2) is 6.93. The number of H-pyrrole nitrogens is 1. The second-order valence-corrected chi connectivity index (χ2v) is 4.76. The van der Waals surface area contributed by atoms with Crippen molar-refractivity contribution in [3.05, 3.63) is 46.2 Å². The molecule has 0 aliphatic heterocycles. The lowest BCUT2D eigenvalue weighted by Crippen LogP contribution is -2.13. The smallest absolute Gasteiger partial charge is 0.259 e. The lowest BCUT2D eigenvalue weighted by molar-refractivity contribution is 0.102. The number of carbonyl (C=O) groups excluding carboxylic acids is 1. The monoisotopic (exact) mass is 303 g/mol. The van der Waals surface area contributed by atoms with Crippen LogP contribution in [0.4, 0.5) is 5.69 Å². The van der Waals surface area contributed by atoms with E-state index >= 15 is 0 Å². The molecule has 0 bridgehead atoms. The van der Waals surface area contributed by atoms with E-state index in [-0.39, 0.29) is 12.5 Å². The maximum atomic E-state index is 12.2. The summed E-state index contributed by atoms with van der Waals surface area (Å²) < 4.78 is 0. The summed E-state index contributed by atoms with van der Waals surface area (Å²) in [5.41, 5.74) is 2.33. The number of aliphatic hydroxyl groups is 1. The van der Waals surface area contributed by atoms with Gasteiger partial charge in [-0.05, 0) is 25.1 Å². The Kier molecular flexibility index (Phi) is 4.99. The first kappa shape index (κ1) is 15.1. The molecule has 0 fully saturated rings. The number of aromatic amines is 1. The quantitative estimate of drug-likeness (QED) is 0.762. The highest BCUT2D eigenvalue weighted by Gasteiger charge is 2.12. The van der Waals surface area contributed by atoms with Crippen LogP contribution in [0, 0.1) is 18.8 Å². The zero-order valence-electron chi connectivity index (χ0n) is 11.4. The minimum atomic E-state index is -0.270. The molecule has 1 aromatic carbocycles. The summed E-state index contributed by atoms with van der Waals surface area (Å²) in [5.74, 6) is 5.43. The van der Waals surface area contributed by atoms with Gasteiger partial charge in [-0.25, -0.2) is 0 Å². The van der Waals surface area contributed by atoms with Crippen LogP contribution in [-0.4, -0.2) is 27.8 Å². The predicted octanol–water partition coefficient (Wildman–Crippen LogP) is 2.36. The van der Waals surface area contributed by atoms with Crippen LogP contribution in [-0.2, 0) is 0 Å². The number of aromatic nitrogens is 2. The molecule has 0 saturated carbocycles. The summed E-state index contributed by atoms with van der Waals surface area (Å²) in [6.45, 7) is 1.76. The summed E-state index contributed by atoms with van der Waals surface area (Å²) in [7, 11) is 0. The number of aliphatic hydroxyl groups excluding tert-OH is 1.